The summed E-state index contributed by atoms with van der Waals surface area (Å²) in [5.74, 6) is -0.209. The highest BCUT2D eigenvalue weighted by atomic mass is 16.2. The molecule has 5 heteroatoms. The smallest absolute Gasteiger partial charge is 0.251 e. The van der Waals surface area contributed by atoms with Crippen molar-refractivity contribution >= 4 is 11.8 Å². The normalized spacial score (nSPS) is 10.5. The van der Waals surface area contributed by atoms with E-state index in [2.05, 4.69) is 29.4 Å². The molecular formula is C16H25N3O2. The van der Waals surface area contributed by atoms with E-state index < -0.39 is 0 Å². The Morgan fingerprint density at radius 2 is 1.57 bits per heavy atom. The highest BCUT2D eigenvalue weighted by Gasteiger charge is 2.06. The summed E-state index contributed by atoms with van der Waals surface area (Å²) in [6.45, 7) is 9.54. The van der Waals surface area contributed by atoms with E-state index in [1.165, 1.54) is 12.5 Å². The van der Waals surface area contributed by atoms with Gasteiger partial charge in [0.2, 0.25) is 5.91 Å². The third-order valence-corrected chi connectivity index (χ3v) is 3.30. The molecule has 5 nitrogen and oxygen atoms in total. The minimum Gasteiger partial charge on any atom is -0.355 e. The molecule has 0 heterocycles. The molecule has 21 heavy (non-hydrogen) atoms. The topological polar surface area (TPSA) is 61.4 Å². The van der Waals surface area contributed by atoms with Gasteiger partial charge in [-0.1, -0.05) is 26.0 Å². The number of nitrogens with one attached hydrogen (secondary N) is 2. The van der Waals surface area contributed by atoms with Crippen molar-refractivity contribution in [1.82, 2.24) is 15.5 Å². The number of carbonyl (C=O) groups excluding carboxylic acids is 2. The maximum atomic E-state index is 11.9. The van der Waals surface area contributed by atoms with Gasteiger partial charge in [0.1, 0.15) is 0 Å². The van der Waals surface area contributed by atoms with E-state index in [0.717, 1.165) is 19.6 Å². The second kappa shape index (κ2) is 9.13. The van der Waals surface area contributed by atoms with E-state index in [1.54, 1.807) is 0 Å². The molecule has 0 aliphatic heterocycles. The number of nitrogens with zero attached hydrogens (tertiary/aromatic N) is 1. The molecule has 116 valence electrons. The summed E-state index contributed by atoms with van der Waals surface area (Å²) in [7, 11) is 0. The van der Waals surface area contributed by atoms with Crippen LogP contribution < -0.4 is 10.6 Å². The van der Waals surface area contributed by atoms with E-state index >= 15 is 0 Å². The molecule has 1 rings (SSSR count). The molecule has 0 radical (unpaired) electrons. The van der Waals surface area contributed by atoms with Gasteiger partial charge in [-0.2, -0.15) is 0 Å². The van der Waals surface area contributed by atoms with Crippen LogP contribution in [-0.4, -0.2) is 42.9 Å². The van der Waals surface area contributed by atoms with E-state index in [-0.39, 0.29) is 11.8 Å². The van der Waals surface area contributed by atoms with Crippen molar-refractivity contribution in [3.8, 4) is 0 Å². The fraction of sp³-hybridized carbons (Fsp3) is 0.500. The lowest BCUT2D eigenvalue weighted by Gasteiger charge is -2.18. The first-order valence-electron chi connectivity index (χ1n) is 7.40. The summed E-state index contributed by atoms with van der Waals surface area (Å²) >= 11 is 0. The maximum absolute atomic E-state index is 11.9. The van der Waals surface area contributed by atoms with Gasteiger partial charge in [0, 0.05) is 32.1 Å². The zero-order valence-corrected chi connectivity index (χ0v) is 13.1. The third-order valence-electron chi connectivity index (χ3n) is 3.30. The van der Waals surface area contributed by atoms with Crippen LogP contribution in [0.1, 0.15) is 36.7 Å². The Labute approximate surface area is 126 Å². The monoisotopic (exact) mass is 291 g/mol. The molecule has 0 unspecified atom stereocenters. The molecule has 0 atom stereocenters. The molecule has 2 amide bonds. The molecule has 2 N–H and O–H groups in total. The van der Waals surface area contributed by atoms with E-state index in [4.69, 9.17) is 0 Å². The second-order valence-corrected chi connectivity index (χ2v) is 4.90. The van der Waals surface area contributed by atoms with Crippen LogP contribution in [0.5, 0.6) is 0 Å². The van der Waals surface area contributed by atoms with Crippen LogP contribution in [0.4, 0.5) is 0 Å². The van der Waals surface area contributed by atoms with Crippen molar-refractivity contribution in [2.24, 2.45) is 0 Å². The maximum Gasteiger partial charge on any atom is 0.251 e. The largest absolute Gasteiger partial charge is 0.355 e. The highest BCUT2D eigenvalue weighted by Crippen LogP contribution is 2.07. The first kappa shape index (κ1) is 17.2. The number of hydrogen-bond acceptors (Lipinski definition) is 3. The number of benzene rings is 1. The zero-order valence-electron chi connectivity index (χ0n) is 13.1. The fourth-order valence-electron chi connectivity index (χ4n) is 1.98. The minimum absolute atomic E-state index is 0.0926. The van der Waals surface area contributed by atoms with Crippen LogP contribution in [0.2, 0.25) is 0 Å². The molecule has 0 fully saturated rings. The molecule has 0 aliphatic rings. The van der Waals surface area contributed by atoms with Gasteiger partial charge >= 0.3 is 0 Å². The van der Waals surface area contributed by atoms with Gasteiger partial charge in [-0.3, -0.25) is 14.5 Å². The molecule has 0 spiro atoms. The van der Waals surface area contributed by atoms with Gasteiger partial charge < -0.3 is 10.6 Å². The van der Waals surface area contributed by atoms with Crippen LogP contribution in [0, 0.1) is 0 Å². The Bertz CT molecular complexity index is 453. The van der Waals surface area contributed by atoms with Gasteiger partial charge in [-0.05, 0) is 30.8 Å². The number of amides is 2. The summed E-state index contributed by atoms with van der Waals surface area (Å²) in [5, 5.41) is 5.41. The van der Waals surface area contributed by atoms with Crippen molar-refractivity contribution in [2.75, 3.05) is 26.2 Å². The Kier molecular flexibility index (Phi) is 7.46. The summed E-state index contributed by atoms with van der Waals surface area (Å²) in [4.78, 5) is 24.9. The Balaban J connectivity index is 2.45. The SMILES string of the molecule is CCN(CC)Cc1ccc(C(=O)NCCNC(C)=O)cc1. The molecule has 0 aromatic heterocycles. The Morgan fingerprint density at radius 1 is 1.00 bits per heavy atom. The molecule has 0 saturated heterocycles. The summed E-state index contributed by atoms with van der Waals surface area (Å²) in [6.07, 6.45) is 0. The van der Waals surface area contributed by atoms with Crippen molar-refractivity contribution in [3.05, 3.63) is 35.4 Å². The lowest BCUT2D eigenvalue weighted by atomic mass is 10.1. The molecule has 0 bridgehead atoms. The van der Waals surface area contributed by atoms with Crippen LogP contribution in [0.25, 0.3) is 0 Å². The van der Waals surface area contributed by atoms with Gasteiger partial charge in [0.05, 0.1) is 0 Å². The summed E-state index contributed by atoms with van der Waals surface area (Å²) in [5.41, 5.74) is 1.84. The van der Waals surface area contributed by atoms with Crippen LogP contribution >= 0.6 is 0 Å². The average molecular weight is 291 g/mol. The minimum atomic E-state index is -0.116. The van der Waals surface area contributed by atoms with E-state index in [9.17, 15) is 9.59 Å². The van der Waals surface area contributed by atoms with Gasteiger partial charge in [0.15, 0.2) is 0 Å². The van der Waals surface area contributed by atoms with E-state index in [1.807, 2.05) is 24.3 Å². The summed E-state index contributed by atoms with van der Waals surface area (Å²) < 4.78 is 0. The van der Waals surface area contributed by atoms with Crippen molar-refractivity contribution in [3.63, 3.8) is 0 Å². The molecular weight excluding hydrogens is 266 g/mol. The van der Waals surface area contributed by atoms with Crippen molar-refractivity contribution in [2.45, 2.75) is 27.3 Å². The molecule has 1 aromatic rings. The predicted octanol–water partition coefficient (Wildman–Crippen LogP) is 1.39. The van der Waals surface area contributed by atoms with Gasteiger partial charge in [-0.15, -0.1) is 0 Å². The molecule has 0 saturated carbocycles. The summed E-state index contributed by atoms with van der Waals surface area (Å²) in [6, 6.07) is 7.65. The zero-order chi connectivity index (χ0) is 15.7. The number of rotatable bonds is 8. The Hall–Kier alpha value is -1.88. The van der Waals surface area contributed by atoms with E-state index in [0.29, 0.717) is 18.7 Å². The fourth-order valence-corrected chi connectivity index (χ4v) is 1.98. The van der Waals surface area contributed by atoms with Crippen molar-refractivity contribution in [1.29, 1.82) is 0 Å². The Morgan fingerprint density at radius 3 is 2.10 bits per heavy atom. The standard InChI is InChI=1S/C16H25N3O2/c1-4-19(5-2)12-14-6-8-15(9-7-14)16(21)18-11-10-17-13(3)20/h6-9H,4-5,10-12H2,1-3H3,(H,17,20)(H,18,21). The van der Waals surface area contributed by atoms with Gasteiger partial charge in [-0.25, -0.2) is 0 Å². The van der Waals surface area contributed by atoms with Crippen molar-refractivity contribution < 1.29 is 9.59 Å². The molecule has 1 aromatic carbocycles. The van der Waals surface area contributed by atoms with Gasteiger partial charge in [0.25, 0.3) is 5.91 Å². The number of hydrogen-bond donors (Lipinski definition) is 2. The lowest BCUT2D eigenvalue weighted by molar-refractivity contribution is -0.118. The average Bonchev–Trinajstić information content (AvgIpc) is 2.49. The molecule has 0 aliphatic carbocycles. The first-order chi connectivity index (χ1) is 10.1. The lowest BCUT2D eigenvalue weighted by Crippen LogP contribution is -2.33. The third kappa shape index (κ3) is 6.40. The van der Waals surface area contributed by atoms with Crippen LogP contribution in [0.3, 0.4) is 0 Å². The van der Waals surface area contributed by atoms with Crippen LogP contribution in [0.15, 0.2) is 24.3 Å². The highest BCUT2D eigenvalue weighted by molar-refractivity contribution is 5.94. The first-order valence-corrected chi connectivity index (χ1v) is 7.40. The predicted molar refractivity (Wildman–Crippen MR) is 84.1 cm³/mol. The second-order valence-electron chi connectivity index (χ2n) is 4.90. The van der Waals surface area contributed by atoms with Crippen LogP contribution in [-0.2, 0) is 11.3 Å². The quantitative estimate of drug-likeness (QED) is 0.712. The number of carbonyl (C=O) groups is 2.